The van der Waals surface area contributed by atoms with Crippen LogP contribution in [0.2, 0.25) is 0 Å². The Kier molecular flexibility index (Phi) is 6.69. The molecule has 0 saturated carbocycles. The Bertz CT molecular complexity index is 1220. The third-order valence-electron chi connectivity index (χ3n) is 6.06. The zero-order chi connectivity index (χ0) is 22.5. The number of fused-ring (bicyclic) bond motifs is 3. The van der Waals surface area contributed by atoms with Crippen LogP contribution in [0.25, 0.3) is 16.6 Å². The third kappa shape index (κ3) is 4.74. The first kappa shape index (κ1) is 21.8. The van der Waals surface area contributed by atoms with Gasteiger partial charge in [-0.3, -0.25) is 4.79 Å². The van der Waals surface area contributed by atoms with Gasteiger partial charge in [0.1, 0.15) is 0 Å². The van der Waals surface area contributed by atoms with E-state index in [0.29, 0.717) is 19.4 Å². The van der Waals surface area contributed by atoms with Crippen molar-refractivity contribution in [3.05, 3.63) is 71.5 Å². The minimum atomic E-state index is 0.0888. The Morgan fingerprint density at radius 1 is 1.03 bits per heavy atom. The molecular weight excluding hydrogens is 398 g/mol. The molecule has 0 fully saturated rings. The molecule has 2 aromatic heterocycles. The lowest BCUT2D eigenvalue weighted by Gasteiger charge is -2.19. The van der Waals surface area contributed by atoms with Crippen molar-refractivity contribution in [2.24, 2.45) is 0 Å². The van der Waals surface area contributed by atoms with Gasteiger partial charge in [-0.25, -0.2) is 9.50 Å². The number of aromatic nitrogens is 3. The van der Waals surface area contributed by atoms with Crippen molar-refractivity contribution in [2.75, 3.05) is 25.0 Å². The Hall–Kier alpha value is -3.41. The fourth-order valence-electron chi connectivity index (χ4n) is 4.18. The van der Waals surface area contributed by atoms with Crippen molar-refractivity contribution in [1.82, 2.24) is 19.9 Å². The van der Waals surface area contributed by atoms with Crippen LogP contribution in [0.3, 0.4) is 0 Å². The maximum absolute atomic E-state index is 12.4. The molecule has 32 heavy (non-hydrogen) atoms. The van der Waals surface area contributed by atoms with E-state index < -0.39 is 0 Å². The first-order valence-electron chi connectivity index (χ1n) is 11.3. The molecule has 0 unspecified atom stereocenters. The van der Waals surface area contributed by atoms with E-state index in [1.807, 2.05) is 41.8 Å². The molecule has 6 nitrogen and oxygen atoms in total. The number of carbonyl (C=O) groups excluding carboxylic acids is 1. The van der Waals surface area contributed by atoms with Crippen LogP contribution in [-0.4, -0.2) is 40.6 Å². The summed E-state index contributed by atoms with van der Waals surface area (Å²) < 4.78 is 1.91. The second-order valence-electron chi connectivity index (χ2n) is 8.33. The number of para-hydroxylation sites is 1. The van der Waals surface area contributed by atoms with Gasteiger partial charge in [0.2, 0.25) is 5.91 Å². The van der Waals surface area contributed by atoms with Gasteiger partial charge in [-0.15, -0.1) is 0 Å². The van der Waals surface area contributed by atoms with Gasteiger partial charge in [0.15, 0.2) is 5.65 Å². The molecule has 1 amide bonds. The highest BCUT2D eigenvalue weighted by Gasteiger charge is 2.14. The lowest BCUT2D eigenvalue weighted by molar-refractivity contribution is -0.121. The largest absolute Gasteiger partial charge is 0.375 e. The maximum atomic E-state index is 12.4. The van der Waals surface area contributed by atoms with E-state index in [0.717, 1.165) is 52.9 Å². The van der Waals surface area contributed by atoms with Crippen molar-refractivity contribution < 1.29 is 4.79 Å². The smallest absolute Gasteiger partial charge is 0.220 e. The van der Waals surface area contributed by atoms with E-state index in [9.17, 15) is 4.79 Å². The Morgan fingerprint density at radius 2 is 1.78 bits per heavy atom. The number of anilines is 1. The second-order valence-corrected chi connectivity index (χ2v) is 8.33. The van der Waals surface area contributed by atoms with Crippen LogP contribution < -0.4 is 10.2 Å². The van der Waals surface area contributed by atoms with E-state index in [4.69, 9.17) is 10.1 Å². The van der Waals surface area contributed by atoms with Crippen LogP contribution in [0, 0.1) is 13.8 Å². The summed E-state index contributed by atoms with van der Waals surface area (Å²) >= 11 is 0. The SMILES string of the molecule is Cc1nc2c3ccccc3nn2c(C)c1CCC(=O)NCCCCN(C)c1ccccc1. The van der Waals surface area contributed by atoms with Crippen LogP contribution in [0.15, 0.2) is 54.6 Å². The summed E-state index contributed by atoms with van der Waals surface area (Å²) in [4.78, 5) is 19.4. The van der Waals surface area contributed by atoms with Crippen LogP contribution in [-0.2, 0) is 11.2 Å². The highest BCUT2D eigenvalue weighted by Crippen LogP contribution is 2.22. The first-order valence-corrected chi connectivity index (χ1v) is 11.3. The zero-order valence-electron chi connectivity index (χ0n) is 19.1. The van der Waals surface area contributed by atoms with Gasteiger partial charge in [0, 0.05) is 49.0 Å². The zero-order valence-corrected chi connectivity index (χ0v) is 19.1. The van der Waals surface area contributed by atoms with Crippen LogP contribution in [0.5, 0.6) is 0 Å². The molecule has 0 spiro atoms. The lowest BCUT2D eigenvalue weighted by Crippen LogP contribution is -2.26. The number of benzene rings is 2. The van der Waals surface area contributed by atoms with E-state index in [2.05, 4.69) is 48.5 Å². The number of hydrogen-bond donors (Lipinski definition) is 1. The van der Waals surface area contributed by atoms with Crippen LogP contribution in [0.1, 0.15) is 36.2 Å². The Balaban J connectivity index is 1.27. The summed E-state index contributed by atoms with van der Waals surface area (Å²) in [5.74, 6) is 0.0888. The minimum absolute atomic E-state index is 0.0888. The van der Waals surface area contributed by atoms with Gasteiger partial charge in [0.05, 0.1) is 5.52 Å². The number of rotatable bonds is 9. The third-order valence-corrected chi connectivity index (χ3v) is 6.06. The predicted molar refractivity (Wildman–Crippen MR) is 130 cm³/mol. The van der Waals surface area contributed by atoms with E-state index in [-0.39, 0.29) is 5.91 Å². The van der Waals surface area contributed by atoms with Gasteiger partial charge < -0.3 is 10.2 Å². The van der Waals surface area contributed by atoms with E-state index >= 15 is 0 Å². The van der Waals surface area contributed by atoms with Crippen LogP contribution >= 0.6 is 0 Å². The molecule has 0 saturated heterocycles. The summed E-state index contributed by atoms with van der Waals surface area (Å²) in [6.45, 7) is 5.76. The topological polar surface area (TPSA) is 62.5 Å². The standard InChI is InChI=1S/C26H31N5O/c1-19-22(20(2)31-26(28-19)23-13-7-8-14-24(23)29-31)15-16-25(32)27-17-9-10-18-30(3)21-11-5-4-6-12-21/h4-8,11-14H,9-10,15-18H2,1-3H3,(H,27,32). The summed E-state index contributed by atoms with van der Waals surface area (Å²) in [7, 11) is 2.10. The fraction of sp³-hybridized carbons (Fsp3) is 0.346. The number of hydrogen-bond acceptors (Lipinski definition) is 4. The second kappa shape index (κ2) is 9.81. The number of nitrogens with zero attached hydrogens (tertiary/aromatic N) is 4. The van der Waals surface area contributed by atoms with E-state index in [1.54, 1.807) is 0 Å². The van der Waals surface area contributed by atoms with Crippen molar-refractivity contribution in [1.29, 1.82) is 0 Å². The molecule has 0 radical (unpaired) electrons. The summed E-state index contributed by atoms with van der Waals surface area (Å²) in [5.41, 5.74) is 6.17. The monoisotopic (exact) mass is 429 g/mol. The molecule has 0 bridgehead atoms. The van der Waals surface area contributed by atoms with E-state index in [1.165, 1.54) is 5.69 Å². The predicted octanol–water partition coefficient (Wildman–Crippen LogP) is 4.46. The minimum Gasteiger partial charge on any atom is -0.375 e. The molecule has 0 aliphatic carbocycles. The molecule has 2 aromatic carbocycles. The maximum Gasteiger partial charge on any atom is 0.220 e. The highest BCUT2D eigenvalue weighted by molar-refractivity contribution is 5.92. The molecule has 4 rings (SSSR count). The molecule has 166 valence electrons. The van der Waals surface area contributed by atoms with Gasteiger partial charge >= 0.3 is 0 Å². The quantitative estimate of drug-likeness (QED) is 0.399. The Morgan fingerprint density at radius 3 is 2.59 bits per heavy atom. The van der Waals surface area contributed by atoms with Gasteiger partial charge in [-0.05, 0) is 62.9 Å². The number of nitrogens with one attached hydrogen (secondary N) is 1. The highest BCUT2D eigenvalue weighted by atomic mass is 16.1. The molecule has 2 heterocycles. The fourth-order valence-corrected chi connectivity index (χ4v) is 4.18. The van der Waals surface area contributed by atoms with Crippen molar-refractivity contribution >= 4 is 28.1 Å². The molecular formula is C26H31N5O. The molecule has 4 aromatic rings. The van der Waals surface area contributed by atoms with Gasteiger partial charge in [-0.1, -0.05) is 30.3 Å². The van der Waals surface area contributed by atoms with Crippen molar-refractivity contribution in [3.63, 3.8) is 0 Å². The van der Waals surface area contributed by atoms with Crippen LogP contribution in [0.4, 0.5) is 5.69 Å². The summed E-state index contributed by atoms with van der Waals surface area (Å²) in [6, 6.07) is 18.4. The van der Waals surface area contributed by atoms with Gasteiger partial charge in [-0.2, -0.15) is 5.10 Å². The number of amides is 1. The van der Waals surface area contributed by atoms with Gasteiger partial charge in [0.25, 0.3) is 0 Å². The van der Waals surface area contributed by atoms with Crippen molar-refractivity contribution in [2.45, 2.75) is 39.5 Å². The first-order chi connectivity index (χ1) is 15.5. The molecule has 0 atom stereocenters. The number of aryl methyl sites for hydroxylation is 2. The molecule has 6 heteroatoms. The Labute approximate surface area is 189 Å². The normalized spacial score (nSPS) is 11.2. The average Bonchev–Trinajstić information content (AvgIpc) is 3.18. The number of carbonyl (C=O) groups is 1. The molecule has 1 N–H and O–H groups in total. The summed E-state index contributed by atoms with van der Waals surface area (Å²) in [5, 5.41) is 8.82. The molecule has 0 aliphatic heterocycles. The average molecular weight is 430 g/mol. The summed E-state index contributed by atoms with van der Waals surface area (Å²) in [6.07, 6.45) is 3.13. The van der Waals surface area contributed by atoms with Crippen molar-refractivity contribution in [3.8, 4) is 0 Å². The molecule has 0 aliphatic rings. The number of unbranched alkanes of at least 4 members (excludes halogenated alkanes) is 1. The lowest BCUT2D eigenvalue weighted by atomic mass is 10.1.